The molecular weight excluding hydrogens is 368 g/mol. The number of methoxy groups -OCH3 is 1. The van der Waals surface area contributed by atoms with Crippen molar-refractivity contribution in [2.24, 2.45) is 0 Å². The van der Waals surface area contributed by atoms with Crippen LogP contribution in [0.5, 0.6) is 0 Å². The second-order valence-corrected chi connectivity index (χ2v) is 6.01. The molecule has 28 heavy (non-hydrogen) atoms. The van der Waals surface area contributed by atoms with Crippen LogP contribution >= 0.6 is 0 Å². The fraction of sp³-hybridized carbons (Fsp3) is 0.143. The van der Waals surface area contributed by atoms with Gasteiger partial charge in [-0.1, -0.05) is 36.4 Å². The monoisotopic (exact) mass is 385 g/mol. The van der Waals surface area contributed by atoms with Gasteiger partial charge in [0.05, 0.1) is 7.11 Å². The first-order valence-electron chi connectivity index (χ1n) is 8.39. The number of benzene rings is 2. The second-order valence-electron chi connectivity index (χ2n) is 6.01. The molecule has 0 amide bonds. The standard InChI is InChI=1S/C21H17F2NO4/c1-27-19(25)21(18-8-5-11-24-18,16-10-9-15(22)12-17(16)23)20(26)28-13-14-6-3-2-4-7-14/h2-12,24H,13H2,1H3. The number of H-pyrrole nitrogens is 1. The maximum absolute atomic E-state index is 14.7. The highest BCUT2D eigenvalue weighted by atomic mass is 19.1. The molecule has 0 saturated carbocycles. The molecule has 0 aliphatic carbocycles. The lowest BCUT2D eigenvalue weighted by Crippen LogP contribution is -2.47. The van der Waals surface area contributed by atoms with Crippen LogP contribution in [0.2, 0.25) is 0 Å². The fourth-order valence-electron chi connectivity index (χ4n) is 3.01. The Hall–Kier alpha value is -3.48. The van der Waals surface area contributed by atoms with Crippen molar-refractivity contribution in [3.63, 3.8) is 0 Å². The van der Waals surface area contributed by atoms with Crippen LogP contribution < -0.4 is 0 Å². The number of nitrogens with one attached hydrogen (secondary N) is 1. The molecule has 1 atom stereocenters. The second kappa shape index (κ2) is 8.04. The molecule has 1 heterocycles. The summed E-state index contributed by atoms with van der Waals surface area (Å²) in [6.07, 6.45) is 1.47. The molecule has 1 N–H and O–H groups in total. The van der Waals surface area contributed by atoms with Crippen LogP contribution in [0.15, 0.2) is 66.9 Å². The van der Waals surface area contributed by atoms with E-state index >= 15 is 0 Å². The van der Waals surface area contributed by atoms with Crippen molar-refractivity contribution >= 4 is 11.9 Å². The minimum absolute atomic E-state index is 0.0444. The van der Waals surface area contributed by atoms with Crippen molar-refractivity contribution in [2.75, 3.05) is 7.11 Å². The predicted molar refractivity (Wildman–Crippen MR) is 96.2 cm³/mol. The van der Waals surface area contributed by atoms with Crippen molar-refractivity contribution in [3.8, 4) is 0 Å². The normalized spacial score (nSPS) is 12.8. The molecule has 0 fully saturated rings. The van der Waals surface area contributed by atoms with Crippen LogP contribution in [0.3, 0.4) is 0 Å². The highest BCUT2D eigenvalue weighted by molar-refractivity contribution is 6.09. The van der Waals surface area contributed by atoms with Gasteiger partial charge in [0.2, 0.25) is 5.41 Å². The first kappa shape index (κ1) is 19.3. The zero-order chi connectivity index (χ0) is 20.1. The number of ether oxygens (including phenoxy) is 2. The van der Waals surface area contributed by atoms with E-state index in [2.05, 4.69) is 4.98 Å². The van der Waals surface area contributed by atoms with Crippen molar-refractivity contribution in [2.45, 2.75) is 12.0 Å². The van der Waals surface area contributed by atoms with Crippen LogP contribution in [0.1, 0.15) is 16.8 Å². The lowest BCUT2D eigenvalue weighted by atomic mass is 9.77. The molecule has 0 radical (unpaired) electrons. The van der Waals surface area contributed by atoms with E-state index < -0.39 is 29.0 Å². The number of hydrogen-bond acceptors (Lipinski definition) is 4. The van der Waals surface area contributed by atoms with Gasteiger partial charge in [0, 0.05) is 23.5 Å². The molecule has 7 heteroatoms. The summed E-state index contributed by atoms with van der Waals surface area (Å²) < 4.78 is 38.3. The summed E-state index contributed by atoms with van der Waals surface area (Å²) in [6, 6.07) is 14.4. The third-order valence-electron chi connectivity index (χ3n) is 4.35. The number of carbonyl (C=O) groups excluding carboxylic acids is 2. The number of halogens is 2. The molecule has 2 aromatic carbocycles. The van der Waals surface area contributed by atoms with Gasteiger partial charge in [0.15, 0.2) is 0 Å². The zero-order valence-electron chi connectivity index (χ0n) is 14.9. The van der Waals surface area contributed by atoms with Crippen molar-refractivity contribution < 1.29 is 27.8 Å². The Balaban J connectivity index is 2.12. The van der Waals surface area contributed by atoms with Crippen LogP contribution in [0, 0.1) is 11.6 Å². The molecule has 144 valence electrons. The maximum Gasteiger partial charge on any atom is 0.334 e. The molecule has 0 bridgehead atoms. The predicted octanol–water partition coefficient (Wildman–Crippen LogP) is 3.50. The Labute approximate surface area is 159 Å². The lowest BCUT2D eigenvalue weighted by molar-refractivity contribution is -0.162. The lowest BCUT2D eigenvalue weighted by Gasteiger charge is -2.29. The number of aromatic nitrogens is 1. The van der Waals surface area contributed by atoms with Crippen LogP contribution in [-0.2, 0) is 31.1 Å². The first-order chi connectivity index (χ1) is 13.5. The maximum atomic E-state index is 14.7. The van der Waals surface area contributed by atoms with Crippen LogP contribution in [0.4, 0.5) is 8.78 Å². The fourth-order valence-corrected chi connectivity index (χ4v) is 3.01. The Morgan fingerprint density at radius 3 is 2.36 bits per heavy atom. The highest BCUT2D eigenvalue weighted by Gasteiger charge is 2.54. The van der Waals surface area contributed by atoms with E-state index in [-0.39, 0.29) is 17.9 Å². The van der Waals surface area contributed by atoms with Gasteiger partial charge < -0.3 is 14.5 Å². The molecular formula is C21H17F2NO4. The van der Waals surface area contributed by atoms with E-state index in [1.165, 1.54) is 12.3 Å². The summed E-state index contributed by atoms with van der Waals surface area (Å²) in [7, 11) is 1.08. The summed E-state index contributed by atoms with van der Waals surface area (Å²) in [4.78, 5) is 28.7. The number of rotatable bonds is 6. The molecule has 0 spiro atoms. The third-order valence-corrected chi connectivity index (χ3v) is 4.35. The minimum atomic E-state index is -2.27. The summed E-state index contributed by atoms with van der Waals surface area (Å²) in [5.74, 6) is -4.02. The third kappa shape index (κ3) is 3.38. The zero-order valence-corrected chi connectivity index (χ0v) is 14.9. The SMILES string of the molecule is COC(=O)C(C(=O)OCc1ccccc1)(c1ccc[nH]1)c1ccc(F)cc1F. The summed E-state index contributed by atoms with van der Waals surface area (Å²) in [5.41, 5.74) is -1.92. The number of hydrogen-bond donors (Lipinski definition) is 1. The van der Waals surface area contributed by atoms with Gasteiger partial charge in [-0.25, -0.2) is 8.78 Å². The Kier molecular flexibility index (Phi) is 5.54. The summed E-state index contributed by atoms with van der Waals surface area (Å²) in [5, 5.41) is 0. The van der Waals surface area contributed by atoms with Gasteiger partial charge in [-0.05, 0) is 23.8 Å². The minimum Gasteiger partial charge on any atom is -0.468 e. The van der Waals surface area contributed by atoms with Crippen molar-refractivity contribution in [3.05, 3.63) is 95.3 Å². The number of aromatic amines is 1. The quantitative estimate of drug-likeness (QED) is 0.521. The molecule has 0 aliphatic heterocycles. The number of carbonyl (C=O) groups is 2. The van der Waals surface area contributed by atoms with Gasteiger partial charge in [0.25, 0.3) is 0 Å². The smallest absolute Gasteiger partial charge is 0.334 e. The molecule has 5 nitrogen and oxygen atoms in total. The Morgan fingerprint density at radius 1 is 1.00 bits per heavy atom. The average molecular weight is 385 g/mol. The average Bonchev–Trinajstić information content (AvgIpc) is 3.23. The summed E-state index contributed by atoms with van der Waals surface area (Å²) in [6.45, 7) is -0.137. The molecule has 1 unspecified atom stereocenters. The van der Waals surface area contributed by atoms with Gasteiger partial charge in [-0.15, -0.1) is 0 Å². The molecule has 3 aromatic rings. The van der Waals surface area contributed by atoms with Gasteiger partial charge in [-0.2, -0.15) is 0 Å². The van der Waals surface area contributed by atoms with E-state index in [9.17, 15) is 18.4 Å². The molecule has 0 saturated heterocycles. The molecule has 3 rings (SSSR count). The number of esters is 2. The van der Waals surface area contributed by atoms with Gasteiger partial charge in [0.1, 0.15) is 18.2 Å². The molecule has 0 aliphatic rings. The molecule has 1 aromatic heterocycles. The van der Waals surface area contributed by atoms with Crippen molar-refractivity contribution in [1.82, 2.24) is 4.98 Å². The van der Waals surface area contributed by atoms with Gasteiger partial charge in [-0.3, -0.25) is 9.59 Å². The van der Waals surface area contributed by atoms with E-state index in [1.54, 1.807) is 36.4 Å². The van der Waals surface area contributed by atoms with E-state index in [0.717, 1.165) is 19.2 Å². The van der Waals surface area contributed by atoms with Crippen molar-refractivity contribution in [1.29, 1.82) is 0 Å². The Morgan fingerprint density at radius 2 is 1.75 bits per heavy atom. The largest absolute Gasteiger partial charge is 0.468 e. The van der Waals surface area contributed by atoms with E-state index in [0.29, 0.717) is 11.6 Å². The first-order valence-corrected chi connectivity index (χ1v) is 8.39. The highest BCUT2D eigenvalue weighted by Crippen LogP contribution is 2.36. The summed E-state index contributed by atoms with van der Waals surface area (Å²) >= 11 is 0. The van der Waals surface area contributed by atoms with E-state index in [1.807, 2.05) is 0 Å². The van der Waals surface area contributed by atoms with Crippen LogP contribution in [0.25, 0.3) is 0 Å². The topological polar surface area (TPSA) is 68.4 Å². The van der Waals surface area contributed by atoms with Crippen LogP contribution in [-0.4, -0.2) is 24.0 Å². The Bertz CT molecular complexity index is 973. The van der Waals surface area contributed by atoms with Gasteiger partial charge >= 0.3 is 11.9 Å². The van der Waals surface area contributed by atoms with E-state index in [4.69, 9.17) is 9.47 Å².